The van der Waals surface area contributed by atoms with Gasteiger partial charge < -0.3 is 5.32 Å². The molecule has 0 unspecified atom stereocenters. The van der Waals surface area contributed by atoms with Gasteiger partial charge in [0.15, 0.2) is 10.9 Å². The lowest BCUT2D eigenvalue weighted by atomic mass is 10.2. The normalized spacial score (nSPS) is 10.5. The van der Waals surface area contributed by atoms with Crippen LogP contribution in [0, 0.1) is 5.82 Å². The van der Waals surface area contributed by atoms with Gasteiger partial charge in [-0.2, -0.15) is 0 Å². The summed E-state index contributed by atoms with van der Waals surface area (Å²) in [5.74, 6) is -0.449. The molecule has 25 heavy (non-hydrogen) atoms. The highest BCUT2D eigenvalue weighted by molar-refractivity contribution is 7.98. The Balaban J connectivity index is 1.75. The van der Waals surface area contributed by atoms with Crippen molar-refractivity contribution in [2.24, 2.45) is 0 Å². The lowest BCUT2D eigenvalue weighted by Crippen LogP contribution is -2.16. The van der Waals surface area contributed by atoms with Gasteiger partial charge in [-0.1, -0.05) is 65.8 Å². The number of anilines is 1. The molecule has 2 aromatic carbocycles. The lowest BCUT2D eigenvalue weighted by Gasteiger charge is -2.08. The summed E-state index contributed by atoms with van der Waals surface area (Å²) in [4.78, 5) is 20.7. The van der Waals surface area contributed by atoms with Crippen LogP contribution in [0.2, 0.25) is 5.02 Å². The highest BCUT2D eigenvalue weighted by atomic mass is 35.5. The Morgan fingerprint density at radius 2 is 1.84 bits per heavy atom. The Kier molecular flexibility index (Phi) is 5.63. The second-order valence-corrected chi connectivity index (χ2v) is 6.41. The van der Waals surface area contributed by atoms with Crippen LogP contribution in [-0.4, -0.2) is 15.9 Å². The van der Waals surface area contributed by atoms with Gasteiger partial charge in [-0.25, -0.2) is 14.4 Å². The third-order valence-electron chi connectivity index (χ3n) is 3.27. The number of hydrogen-bond acceptors (Lipinski definition) is 4. The van der Waals surface area contributed by atoms with Crippen molar-refractivity contribution >= 4 is 35.0 Å². The summed E-state index contributed by atoms with van der Waals surface area (Å²) >= 11 is 7.41. The topological polar surface area (TPSA) is 54.9 Å². The van der Waals surface area contributed by atoms with Gasteiger partial charge >= 0.3 is 0 Å². The van der Waals surface area contributed by atoms with Crippen LogP contribution in [0.1, 0.15) is 16.1 Å². The number of amides is 1. The molecule has 0 aliphatic heterocycles. The van der Waals surface area contributed by atoms with Crippen molar-refractivity contribution in [2.45, 2.75) is 10.9 Å². The number of thioether (sulfide) groups is 1. The Bertz CT molecular complexity index is 892. The monoisotopic (exact) mass is 373 g/mol. The minimum absolute atomic E-state index is 0.00971. The zero-order valence-corrected chi connectivity index (χ0v) is 14.5. The molecule has 4 nitrogen and oxygen atoms in total. The van der Waals surface area contributed by atoms with Crippen LogP contribution >= 0.6 is 23.4 Å². The lowest BCUT2D eigenvalue weighted by molar-refractivity contribution is 0.102. The van der Waals surface area contributed by atoms with Crippen LogP contribution in [0.3, 0.4) is 0 Å². The molecule has 126 valence electrons. The SMILES string of the molecule is O=C(Nc1ccccc1F)c1nc(SCc2ccccc2)ncc1Cl. The fourth-order valence-corrected chi connectivity index (χ4v) is 2.99. The smallest absolute Gasteiger partial charge is 0.276 e. The van der Waals surface area contributed by atoms with Crippen molar-refractivity contribution in [3.05, 3.63) is 82.9 Å². The summed E-state index contributed by atoms with van der Waals surface area (Å²) < 4.78 is 13.7. The molecule has 0 bridgehead atoms. The molecule has 0 saturated carbocycles. The first-order valence-electron chi connectivity index (χ1n) is 7.38. The molecule has 0 aliphatic carbocycles. The van der Waals surface area contributed by atoms with Gasteiger partial charge in [0.1, 0.15) is 5.82 Å². The summed E-state index contributed by atoms with van der Waals surface area (Å²) in [6, 6.07) is 15.7. The minimum Gasteiger partial charge on any atom is -0.318 e. The molecule has 1 heterocycles. The first-order chi connectivity index (χ1) is 12.1. The number of carbonyl (C=O) groups excluding carboxylic acids is 1. The third kappa shape index (κ3) is 4.55. The quantitative estimate of drug-likeness (QED) is 0.515. The highest BCUT2D eigenvalue weighted by Crippen LogP contribution is 2.23. The first-order valence-corrected chi connectivity index (χ1v) is 8.75. The standard InChI is InChI=1S/C18H13ClFN3OS/c19-13-10-21-18(25-11-12-6-2-1-3-7-12)23-16(13)17(24)22-15-9-5-4-8-14(15)20/h1-10H,11H2,(H,22,24). The van der Waals surface area contributed by atoms with E-state index in [1.165, 1.54) is 30.1 Å². The highest BCUT2D eigenvalue weighted by Gasteiger charge is 2.16. The summed E-state index contributed by atoms with van der Waals surface area (Å²) in [6.07, 6.45) is 1.37. The summed E-state index contributed by atoms with van der Waals surface area (Å²) in [5.41, 5.74) is 1.19. The van der Waals surface area contributed by atoms with Gasteiger partial charge in [0.05, 0.1) is 16.9 Å². The molecule has 0 spiro atoms. The molecule has 0 fully saturated rings. The van der Waals surface area contributed by atoms with Gasteiger partial charge in [0.2, 0.25) is 0 Å². The molecular formula is C18H13ClFN3OS. The molecule has 1 N–H and O–H groups in total. The molecule has 0 aliphatic rings. The number of rotatable bonds is 5. The Morgan fingerprint density at radius 3 is 2.60 bits per heavy atom. The van der Waals surface area contributed by atoms with E-state index in [1.807, 2.05) is 30.3 Å². The fourth-order valence-electron chi connectivity index (χ4n) is 2.05. The number of carbonyl (C=O) groups is 1. The molecule has 1 amide bonds. The van der Waals surface area contributed by atoms with Crippen molar-refractivity contribution in [2.75, 3.05) is 5.32 Å². The van der Waals surface area contributed by atoms with E-state index in [1.54, 1.807) is 12.1 Å². The molecule has 0 radical (unpaired) electrons. The minimum atomic E-state index is -0.584. The zero-order chi connectivity index (χ0) is 17.6. The Labute approximate surface area is 153 Å². The van der Waals surface area contributed by atoms with E-state index in [0.717, 1.165) is 5.56 Å². The Morgan fingerprint density at radius 1 is 1.12 bits per heavy atom. The molecular weight excluding hydrogens is 361 g/mol. The van der Waals surface area contributed by atoms with Gasteiger partial charge in [0, 0.05) is 5.75 Å². The number of aromatic nitrogens is 2. The van der Waals surface area contributed by atoms with Crippen molar-refractivity contribution in [3.8, 4) is 0 Å². The van der Waals surface area contributed by atoms with Gasteiger partial charge in [-0.05, 0) is 17.7 Å². The average molecular weight is 374 g/mol. The molecule has 3 rings (SSSR count). The maximum absolute atomic E-state index is 13.7. The van der Waals surface area contributed by atoms with E-state index in [-0.39, 0.29) is 16.4 Å². The number of hydrogen-bond donors (Lipinski definition) is 1. The van der Waals surface area contributed by atoms with E-state index >= 15 is 0 Å². The third-order valence-corrected chi connectivity index (χ3v) is 4.48. The van der Waals surface area contributed by atoms with Crippen molar-refractivity contribution in [1.82, 2.24) is 9.97 Å². The van der Waals surface area contributed by atoms with E-state index in [2.05, 4.69) is 15.3 Å². The summed E-state index contributed by atoms with van der Waals surface area (Å²) in [6.45, 7) is 0. The average Bonchev–Trinajstić information content (AvgIpc) is 2.63. The maximum Gasteiger partial charge on any atom is 0.276 e. The maximum atomic E-state index is 13.7. The number of halogens is 2. The summed E-state index contributed by atoms with van der Waals surface area (Å²) in [5, 5.41) is 3.00. The summed E-state index contributed by atoms with van der Waals surface area (Å²) in [7, 11) is 0. The van der Waals surface area contributed by atoms with Crippen LogP contribution in [-0.2, 0) is 5.75 Å². The fraction of sp³-hybridized carbons (Fsp3) is 0.0556. The largest absolute Gasteiger partial charge is 0.318 e. The molecule has 0 atom stereocenters. The van der Waals surface area contributed by atoms with Crippen molar-refractivity contribution in [1.29, 1.82) is 0 Å². The van der Waals surface area contributed by atoms with Gasteiger partial charge in [0.25, 0.3) is 5.91 Å². The van der Waals surface area contributed by atoms with Crippen molar-refractivity contribution < 1.29 is 9.18 Å². The number of nitrogens with one attached hydrogen (secondary N) is 1. The predicted octanol–water partition coefficient (Wildman–Crippen LogP) is 4.81. The van der Waals surface area contributed by atoms with Crippen LogP contribution in [0.25, 0.3) is 0 Å². The van der Waals surface area contributed by atoms with Gasteiger partial charge in [-0.3, -0.25) is 4.79 Å². The van der Waals surface area contributed by atoms with Crippen molar-refractivity contribution in [3.63, 3.8) is 0 Å². The predicted molar refractivity (Wildman–Crippen MR) is 97.4 cm³/mol. The Hall–Kier alpha value is -2.44. The zero-order valence-electron chi connectivity index (χ0n) is 12.9. The van der Waals surface area contributed by atoms with Gasteiger partial charge in [-0.15, -0.1) is 0 Å². The number of benzene rings is 2. The molecule has 1 aromatic heterocycles. The number of para-hydroxylation sites is 1. The van der Waals surface area contributed by atoms with E-state index in [0.29, 0.717) is 10.9 Å². The first kappa shape index (κ1) is 17.4. The van der Waals surface area contributed by atoms with Crippen LogP contribution < -0.4 is 5.32 Å². The molecule has 0 saturated heterocycles. The van der Waals surface area contributed by atoms with Crippen LogP contribution in [0.5, 0.6) is 0 Å². The van der Waals surface area contributed by atoms with Crippen LogP contribution in [0.4, 0.5) is 10.1 Å². The molecule has 7 heteroatoms. The van der Waals surface area contributed by atoms with E-state index in [4.69, 9.17) is 11.6 Å². The van der Waals surface area contributed by atoms with Crippen LogP contribution in [0.15, 0.2) is 66.0 Å². The second kappa shape index (κ2) is 8.09. The van der Waals surface area contributed by atoms with E-state index < -0.39 is 11.7 Å². The van der Waals surface area contributed by atoms with E-state index in [9.17, 15) is 9.18 Å². The molecule has 3 aromatic rings. The number of nitrogens with zero attached hydrogens (tertiary/aromatic N) is 2. The second-order valence-electron chi connectivity index (χ2n) is 5.06.